The molecule has 0 radical (unpaired) electrons. The Labute approximate surface area is 138 Å². The first kappa shape index (κ1) is 16.4. The maximum atomic E-state index is 10.8. The Balaban J connectivity index is 2.29. The van der Waals surface area contributed by atoms with Gasteiger partial charge in [0.1, 0.15) is 0 Å². The van der Waals surface area contributed by atoms with Gasteiger partial charge in [0.15, 0.2) is 0 Å². The fraction of sp³-hybridized carbons (Fsp3) is 0.438. The SMILES string of the molecule is CC1(C)CCN(c2cc(Br)ccc2/C=C/C(=O)O)CCS1. The number of anilines is 1. The van der Waals surface area contributed by atoms with Crippen molar-refractivity contribution in [3.05, 3.63) is 34.3 Å². The molecule has 1 aliphatic rings. The summed E-state index contributed by atoms with van der Waals surface area (Å²) in [5, 5.41) is 8.83. The van der Waals surface area contributed by atoms with Crippen molar-refractivity contribution in [3.63, 3.8) is 0 Å². The van der Waals surface area contributed by atoms with Crippen LogP contribution in [-0.2, 0) is 4.79 Å². The van der Waals surface area contributed by atoms with Crippen LogP contribution in [-0.4, -0.2) is 34.7 Å². The quantitative estimate of drug-likeness (QED) is 0.807. The third-order valence-corrected chi connectivity index (χ3v) is 5.44. The molecule has 1 fully saturated rings. The van der Waals surface area contributed by atoms with E-state index < -0.39 is 5.97 Å². The normalized spacial score (nSPS) is 18.7. The first-order valence-electron chi connectivity index (χ1n) is 6.97. The van der Waals surface area contributed by atoms with Crippen molar-refractivity contribution in [1.29, 1.82) is 0 Å². The second-order valence-corrected chi connectivity index (χ2v) is 8.44. The van der Waals surface area contributed by atoms with E-state index in [4.69, 9.17) is 5.11 Å². The third kappa shape index (κ3) is 4.78. The summed E-state index contributed by atoms with van der Waals surface area (Å²) in [4.78, 5) is 13.1. The van der Waals surface area contributed by atoms with Gasteiger partial charge in [0.2, 0.25) is 0 Å². The van der Waals surface area contributed by atoms with Crippen molar-refractivity contribution in [1.82, 2.24) is 0 Å². The summed E-state index contributed by atoms with van der Waals surface area (Å²) in [7, 11) is 0. The Morgan fingerprint density at radius 1 is 1.43 bits per heavy atom. The molecule has 0 aliphatic carbocycles. The van der Waals surface area contributed by atoms with Crippen LogP contribution in [0.1, 0.15) is 25.8 Å². The van der Waals surface area contributed by atoms with Crippen molar-refractivity contribution in [3.8, 4) is 0 Å². The lowest BCUT2D eigenvalue weighted by molar-refractivity contribution is -0.131. The summed E-state index contributed by atoms with van der Waals surface area (Å²) in [6, 6.07) is 5.98. The Kier molecular flexibility index (Phi) is 5.38. The highest BCUT2D eigenvalue weighted by Crippen LogP contribution is 2.34. The van der Waals surface area contributed by atoms with Crippen molar-refractivity contribution in [2.24, 2.45) is 0 Å². The second kappa shape index (κ2) is 6.88. The molecule has 1 N–H and O–H groups in total. The number of benzene rings is 1. The van der Waals surface area contributed by atoms with Crippen LogP contribution in [0.5, 0.6) is 0 Å². The zero-order valence-corrected chi connectivity index (χ0v) is 14.7. The first-order valence-corrected chi connectivity index (χ1v) is 8.75. The number of carboxylic acids is 1. The van der Waals surface area contributed by atoms with Gasteiger partial charge in [0, 0.05) is 39.8 Å². The second-order valence-electron chi connectivity index (χ2n) is 5.72. The van der Waals surface area contributed by atoms with Gasteiger partial charge in [-0.3, -0.25) is 0 Å². The Hall–Kier alpha value is -0.940. The van der Waals surface area contributed by atoms with Gasteiger partial charge < -0.3 is 10.0 Å². The number of carboxylic acid groups (broad SMARTS) is 1. The maximum absolute atomic E-state index is 10.8. The third-order valence-electron chi connectivity index (χ3n) is 3.58. The lowest BCUT2D eigenvalue weighted by atomic mass is 10.1. The zero-order chi connectivity index (χ0) is 15.5. The molecule has 5 heteroatoms. The smallest absolute Gasteiger partial charge is 0.328 e. The van der Waals surface area contributed by atoms with E-state index in [-0.39, 0.29) is 0 Å². The minimum absolute atomic E-state index is 0.303. The lowest BCUT2D eigenvalue weighted by Crippen LogP contribution is -2.27. The highest BCUT2D eigenvalue weighted by molar-refractivity contribution is 9.10. The molecule has 1 aliphatic heterocycles. The standard InChI is InChI=1S/C16H20BrNO2S/c1-16(2)7-8-18(9-10-21-16)14-11-13(17)5-3-12(14)4-6-15(19)20/h3-6,11H,7-10H2,1-2H3,(H,19,20)/b6-4+. The van der Waals surface area contributed by atoms with Crippen molar-refractivity contribution in [2.45, 2.75) is 25.0 Å². The van der Waals surface area contributed by atoms with Crippen LogP contribution in [0.25, 0.3) is 6.08 Å². The van der Waals surface area contributed by atoms with E-state index in [0.29, 0.717) is 4.75 Å². The minimum atomic E-state index is -0.920. The molecule has 0 unspecified atom stereocenters. The molecule has 1 saturated heterocycles. The molecule has 21 heavy (non-hydrogen) atoms. The lowest BCUT2D eigenvalue weighted by Gasteiger charge is -2.26. The summed E-state index contributed by atoms with van der Waals surface area (Å²) < 4.78 is 1.32. The summed E-state index contributed by atoms with van der Waals surface area (Å²) in [6.45, 7) is 6.55. The summed E-state index contributed by atoms with van der Waals surface area (Å²) in [6.07, 6.45) is 3.99. The number of nitrogens with zero attached hydrogens (tertiary/aromatic N) is 1. The first-order chi connectivity index (χ1) is 9.87. The molecular weight excluding hydrogens is 350 g/mol. The number of halogens is 1. The molecule has 1 heterocycles. The van der Waals surface area contributed by atoms with E-state index in [0.717, 1.165) is 41.0 Å². The molecule has 1 aromatic rings. The van der Waals surface area contributed by atoms with Crippen LogP contribution in [0.2, 0.25) is 0 Å². The Morgan fingerprint density at radius 3 is 2.90 bits per heavy atom. The van der Waals surface area contributed by atoms with Crippen LogP contribution in [0.3, 0.4) is 0 Å². The van der Waals surface area contributed by atoms with Crippen LogP contribution in [0.4, 0.5) is 5.69 Å². The van der Waals surface area contributed by atoms with Gasteiger partial charge in [-0.1, -0.05) is 35.8 Å². The fourth-order valence-electron chi connectivity index (χ4n) is 2.35. The van der Waals surface area contributed by atoms with Crippen molar-refractivity contribution in [2.75, 3.05) is 23.7 Å². The van der Waals surface area contributed by atoms with E-state index in [1.807, 2.05) is 23.9 Å². The largest absolute Gasteiger partial charge is 0.478 e. The van der Waals surface area contributed by atoms with E-state index in [1.165, 1.54) is 6.08 Å². The summed E-state index contributed by atoms with van der Waals surface area (Å²) >= 11 is 5.52. The van der Waals surface area contributed by atoms with Gasteiger partial charge in [0.25, 0.3) is 0 Å². The molecule has 0 spiro atoms. The van der Waals surface area contributed by atoms with E-state index in [9.17, 15) is 4.79 Å². The Bertz CT molecular complexity index is 557. The predicted molar refractivity (Wildman–Crippen MR) is 94.2 cm³/mol. The van der Waals surface area contributed by atoms with Gasteiger partial charge >= 0.3 is 5.97 Å². The minimum Gasteiger partial charge on any atom is -0.478 e. The van der Waals surface area contributed by atoms with E-state index >= 15 is 0 Å². The average molecular weight is 370 g/mol. The average Bonchev–Trinajstić information content (AvgIpc) is 2.58. The fourth-order valence-corrected chi connectivity index (χ4v) is 3.80. The molecular formula is C16H20BrNO2S. The van der Waals surface area contributed by atoms with E-state index in [1.54, 1.807) is 6.08 Å². The van der Waals surface area contributed by atoms with Gasteiger partial charge in [-0.2, -0.15) is 11.8 Å². The molecule has 0 saturated carbocycles. The molecule has 0 amide bonds. The highest BCUT2D eigenvalue weighted by atomic mass is 79.9. The number of aliphatic carboxylic acids is 1. The topological polar surface area (TPSA) is 40.5 Å². The summed E-state index contributed by atoms with van der Waals surface area (Å²) in [5.74, 6) is 0.165. The molecule has 0 bridgehead atoms. The summed E-state index contributed by atoms with van der Waals surface area (Å²) in [5.41, 5.74) is 2.05. The highest BCUT2D eigenvalue weighted by Gasteiger charge is 2.24. The van der Waals surface area contributed by atoms with Crippen molar-refractivity contribution < 1.29 is 9.90 Å². The molecule has 0 aromatic heterocycles. The molecule has 114 valence electrons. The number of hydrogen-bond donors (Lipinski definition) is 1. The number of rotatable bonds is 3. The molecule has 3 nitrogen and oxygen atoms in total. The van der Waals surface area contributed by atoms with Crippen molar-refractivity contribution >= 4 is 45.4 Å². The number of carbonyl (C=O) groups is 1. The Morgan fingerprint density at radius 2 is 2.19 bits per heavy atom. The number of thioether (sulfide) groups is 1. The molecule has 1 aromatic carbocycles. The zero-order valence-electron chi connectivity index (χ0n) is 12.3. The van der Waals surface area contributed by atoms with Gasteiger partial charge in [-0.25, -0.2) is 4.79 Å². The van der Waals surface area contributed by atoms with Crippen LogP contribution < -0.4 is 4.90 Å². The predicted octanol–water partition coefficient (Wildman–Crippen LogP) is 4.27. The molecule has 2 rings (SSSR count). The molecule has 0 atom stereocenters. The maximum Gasteiger partial charge on any atom is 0.328 e. The van der Waals surface area contributed by atoms with Crippen LogP contribution in [0, 0.1) is 0 Å². The number of hydrogen-bond acceptors (Lipinski definition) is 3. The van der Waals surface area contributed by atoms with Gasteiger partial charge in [-0.15, -0.1) is 0 Å². The van der Waals surface area contributed by atoms with E-state index in [2.05, 4.69) is 40.7 Å². The van der Waals surface area contributed by atoms with Crippen LogP contribution in [0.15, 0.2) is 28.7 Å². The van der Waals surface area contributed by atoms with Gasteiger partial charge in [0.05, 0.1) is 0 Å². The monoisotopic (exact) mass is 369 g/mol. The van der Waals surface area contributed by atoms with Gasteiger partial charge in [-0.05, 0) is 30.2 Å². The van der Waals surface area contributed by atoms with Crippen LogP contribution >= 0.6 is 27.7 Å².